The normalized spacial score (nSPS) is 10.3. The first-order chi connectivity index (χ1) is 8.60. The standard InChI is InChI=1S/C11H11N3O3S/c1-2-7-5-8(14(15)16)3-4-9(7)17-10-6-13-11(12)18-10/h3-6H,2H2,1H3,(H2,12,13). The first kappa shape index (κ1) is 12.3. The third kappa shape index (κ3) is 2.57. The van der Waals surface area contributed by atoms with Crippen LogP contribution in [0, 0.1) is 10.1 Å². The lowest BCUT2D eigenvalue weighted by atomic mass is 10.1. The van der Waals surface area contributed by atoms with Gasteiger partial charge in [-0.2, -0.15) is 0 Å². The van der Waals surface area contributed by atoms with Gasteiger partial charge < -0.3 is 10.5 Å². The molecule has 6 nitrogen and oxygen atoms in total. The molecule has 0 bridgehead atoms. The van der Waals surface area contributed by atoms with Crippen LogP contribution in [0.25, 0.3) is 0 Å². The molecule has 0 radical (unpaired) electrons. The Kier molecular flexibility index (Phi) is 3.42. The molecular weight excluding hydrogens is 254 g/mol. The van der Waals surface area contributed by atoms with Crippen LogP contribution in [0.15, 0.2) is 24.4 Å². The van der Waals surface area contributed by atoms with Crippen molar-refractivity contribution in [3.05, 3.63) is 40.1 Å². The van der Waals surface area contributed by atoms with Crippen LogP contribution in [0.1, 0.15) is 12.5 Å². The van der Waals surface area contributed by atoms with Crippen LogP contribution < -0.4 is 10.5 Å². The zero-order valence-corrected chi connectivity index (χ0v) is 10.4. The van der Waals surface area contributed by atoms with Gasteiger partial charge in [0.1, 0.15) is 5.75 Å². The average Bonchev–Trinajstić information content (AvgIpc) is 2.75. The number of hydrogen-bond acceptors (Lipinski definition) is 6. The number of ether oxygens (including phenoxy) is 1. The zero-order valence-electron chi connectivity index (χ0n) is 9.62. The lowest BCUT2D eigenvalue weighted by Gasteiger charge is -2.07. The quantitative estimate of drug-likeness (QED) is 0.677. The molecular formula is C11H11N3O3S. The fourth-order valence-corrected chi connectivity index (χ4v) is 2.03. The highest BCUT2D eigenvalue weighted by Gasteiger charge is 2.12. The number of aromatic nitrogens is 1. The summed E-state index contributed by atoms with van der Waals surface area (Å²) in [6.07, 6.45) is 2.17. The minimum absolute atomic E-state index is 0.0584. The lowest BCUT2D eigenvalue weighted by Crippen LogP contribution is -1.93. The van der Waals surface area contributed by atoms with Crippen molar-refractivity contribution in [1.29, 1.82) is 0 Å². The molecule has 0 spiro atoms. The predicted molar refractivity (Wildman–Crippen MR) is 69.1 cm³/mol. The predicted octanol–water partition coefficient (Wildman–Crippen LogP) is 2.99. The highest BCUT2D eigenvalue weighted by atomic mass is 32.1. The maximum atomic E-state index is 10.7. The highest BCUT2D eigenvalue weighted by Crippen LogP contribution is 2.32. The van der Waals surface area contributed by atoms with Crippen molar-refractivity contribution < 1.29 is 9.66 Å². The Morgan fingerprint density at radius 3 is 2.89 bits per heavy atom. The summed E-state index contributed by atoms with van der Waals surface area (Å²) in [5.41, 5.74) is 6.34. The minimum Gasteiger partial charge on any atom is -0.445 e. The van der Waals surface area contributed by atoms with E-state index in [2.05, 4.69) is 4.98 Å². The van der Waals surface area contributed by atoms with Gasteiger partial charge in [0.15, 0.2) is 5.13 Å². The second-order valence-corrected chi connectivity index (χ2v) is 4.55. The number of nitro benzene ring substituents is 1. The fourth-order valence-electron chi connectivity index (χ4n) is 1.48. The van der Waals surface area contributed by atoms with E-state index in [1.54, 1.807) is 6.07 Å². The molecule has 0 aliphatic heterocycles. The third-order valence-electron chi connectivity index (χ3n) is 2.35. The van der Waals surface area contributed by atoms with Crippen molar-refractivity contribution >= 4 is 22.2 Å². The van der Waals surface area contributed by atoms with Crippen molar-refractivity contribution in [1.82, 2.24) is 4.98 Å². The maximum Gasteiger partial charge on any atom is 0.269 e. The molecule has 0 aliphatic rings. The number of rotatable bonds is 4. The molecule has 0 fully saturated rings. The monoisotopic (exact) mass is 265 g/mol. The van der Waals surface area contributed by atoms with Crippen LogP contribution in [0.2, 0.25) is 0 Å². The van der Waals surface area contributed by atoms with E-state index in [1.807, 2.05) is 6.92 Å². The van der Waals surface area contributed by atoms with E-state index in [0.29, 0.717) is 22.4 Å². The smallest absolute Gasteiger partial charge is 0.269 e. The summed E-state index contributed by atoms with van der Waals surface area (Å²) in [5.74, 6) is 0.590. The molecule has 0 unspecified atom stereocenters. The molecule has 7 heteroatoms. The summed E-state index contributed by atoms with van der Waals surface area (Å²) in [4.78, 5) is 14.1. The van der Waals surface area contributed by atoms with Crippen molar-refractivity contribution in [3.63, 3.8) is 0 Å². The topological polar surface area (TPSA) is 91.3 Å². The number of hydrogen-bond donors (Lipinski definition) is 1. The molecule has 0 aliphatic carbocycles. The van der Waals surface area contributed by atoms with Gasteiger partial charge in [-0.3, -0.25) is 10.1 Å². The van der Waals surface area contributed by atoms with E-state index in [1.165, 1.54) is 29.7 Å². The first-order valence-corrected chi connectivity index (χ1v) is 6.08. The van der Waals surface area contributed by atoms with Crippen LogP contribution in [-0.4, -0.2) is 9.91 Å². The van der Waals surface area contributed by atoms with E-state index >= 15 is 0 Å². The number of aryl methyl sites for hydroxylation is 1. The molecule has 1 aromatic carbocycles. The zero-order chi connectivity index (χ0) is 13.1. The molecule has 2 N–H and O–H groups in total. The van der Waals surface area contributed by atoms with E-state index in [4.69, 9.17) is 10.5 Å². The van der Waals surface area contributed by atoms with Gasteiger partial charge in [-0.1, -0.05) is 18.3 Å². The second-order valence-electron chi connectivity index (χ2n) is 3.52. The Labute approximate surface area is 107 Å². The van der Waals surface area contributed by atoms with Crippen molar-refractivity contribution in [2.24, 2.45) is 0 Å². The summed E-state index contributed by atoms with van der Waals surface area (Å²) in [7, 11) is 0. The van der Waals surface area contributed by atoms with Crippen LogP contribution in [0.5, 0.6) is 10.8 Å². The highest BCUT2D eigenvalue weighted by molar-refractivity contribution is 7.17. The fraction of sp³-hybridized carbons (Fsp3) is 0.182. The summed E-state index contributed by atoms with van der Waals surface area (Å²) in [5, 5.41) is 11.7. The van der Waals surface area contributed by atoms with Crippen molar-refractivity contribution in [2.45, 2.75) is 13.3 Å². The Hall–Kier alpha value is -2.15. The van der Waals surface area contributed by atoms with Crippen molar-refractivity contribution in [2.75, 3.05) is 5.73 Å². The molecule has 0 saturated heterocycles. The summed E-state index contributed by atoms with van der Waals surface area (Å²) < 4.78 is 5.61. The average molecular weight is 265 g/mol. The van der Waals surface area contributed by atoms with Crippen molar-refractivity contribution in [3.8, 4) is 10.8 Å². The largest absolute Gasteiger partial charge is 0.445 e. The summed E-state index contributed by atoms with van der Waals surface area (Å²) in [6, 6.07) is 4.52. The molecule has 0 saturated carbocycles. The van der Waals surface area contributed by atoms with Gasteiger partial charge in [0.2, 0.25) is 5.06 Å². The van der Waals surface area contributed by atoms with Crippen LogP contribution in [0.4, 0.5) is 10.8 Å². The molecule has 0 amide bonds. The van der Waals surface area contributed by atoms with Gasteiger partial charge in [0.25, 0.3) is 5.69 Å². The Morgan fingerprint density at radius 2 is 2.33 bits per heavy atom. The van der Waals surface area contributed by atoms with Gasteiger partial charge in [-0.05, 0) is 12.5 Å². The maximum absolute atomic E-state index is 10.7. The summed E-state index contributed by atoms with van der Waals surface area (Å²) in [6.45, 7) is 1.91. The number of anilines is 1. The van der Waals surface area contributed by atoms with Gasteiger partial charge in [-0.15, -0.1) is 0 Å². The Balaban J connectivity index is 2.30. The van der Waals surface area contributed by atoms with Gasteiger partial charge >= 0.3 is 0 Å². The Bertz CT molecular complexity index is 583. The third-order valence-corrected chi connectivity index (χ3v) is 3.05. The number of nitrogen functional groups attached to an aromatic ring is 1. The number of benzene rings is 1. The van der Waals surface area contributed by atoms with E-state index in [-0.39, 0.29) is 5.69 Å². The number of non-ortho nitro benzene ring substituents is 1. The van der Waals surface area contributed by atoms with Gasteiger partial charge in [-0.25, -0.2) is 4.98 Å². The first-order valence-electron chi connectivity index (χ1n) is 5.26. The number of nitrogens with zero attached hydrogens (tertiary/aromatic N) is 2. The number of nitro groups is 1. The lowest BCUT2D eigenvalue weighted by molar-refractivity contribution is -0.384. The van der Waals surface area contributed by atoms with E-state index < -0.39 is 4.92 Å². The molecule has 1 aromatic heterocycles. The van der Waals surface area contributed by atoms with Crippen LogP contribution in [0.3, 0.4) is 0 Å². The van der Waals surface area contributed by atoms with Crippen LogP contribution >= 0.6 is 11.3 Å². The molecule has 94 valence electrons. The van der Waals surface area contributed by atoms with E-state index in [0.717, 1.165) is 5.56 Å². The molecule has 0 atom stereocenters. The van der Waals surface area contributed by atoms with Gasteiger partial charge in [0.05, 0.1) is 11.1 Å². The molecule has 1 heterocycles. The molecule has 18 heavy (non-hydrogen) atoms. The minimum atomic E-state index is -0.423. The Morgan fingerprint density at radius 1 is 1.56 bits per heavy atom. The summed E-state index contributed by atoms with van der Waals surface area (Å²) >= 11 is 1.22. The SMILES string of the molecule is CCc1cc([N+](=O)[O-])ccc1Oc1cnc(N)s1. The number of nitrogens with two attached hydrogens (primary N) is 1. The van der Waals surface area contributed by atoms with Crippen LogP contribution in [-0.2, 0) is 6.42 Å². The molecule has 2 aromatic rings. The second kappa shape index (κ2) is 5.01. The number of thiazole rings is 1. The van der Waals surface area contributed by atoms with E-state index in [9.17, 15) is 10.1 Å². The van der Waals surface area contributed by atoms with Gasteiger partial charge in [0, 0.05) is 17.7 Å². The molecule has 2 rings (SSSR count).